The molecule has 0 atom stereocenters. The van der Waals surface area contributed by atoms with E-state index in [1.165, 1.54) is 18.2 Å². The molecule has 0 radical (unpaired) electrons. The number of methoxy groups -OCH3 is 1. The summed E-state index contributed by atoms with van der Waals surface area (Å²) in [7, 11) is 1.41. The molecule has 0 N–H and O–H groups in total. The van der Waals surface area contributed by atoms with Crippen molar-refractivity contribution in [1.82, 2.24) is 9.55 Å². The van der Waals surface area contributed by atoms with Gasteiger partial charge in [-0.05, 0) is 48.7 Å². The lowest BCUT2D eigenvalue weighted by molar-refractivity contribution is 0.0600. The molecule has 5 heteroatoms. The van der Waals surface area contributed by atoms with Gasteiger partial charge in [0.2, 0.25) is 0 Å². The van der Waals surface area contributed by atoms with E-state index in [9.17, 15) is 4.79 Å². The number of aromatic nitrogens is 2. The fourth-order valence-electron chi connectivity index (χ4n) is 3.50. The number of hydrogen-bond acceptors (Lipinski definition) is 3. The van der Waals surface area contributed by atoms with Crippen LogP contribution in [0.25, 0.3) is 22.2 Å². The molecule has 0 amide bonds. The fraction of sp³-hybridized carbons (Fsp3) is 0.222. The van der Waals surface area contributed by atoms with E-state index in [0.717, 1.165) is 35.1 Å². The molecule has 0 bridgehead atoms. The van der Waals surface area contributed by atoms with Crippen LogP contribution in [0.1, 0.15) is 21.5 Å². The minimum Gasteiger partial charge on any atom is -0.465 e. The third-order valence-electron chi connectivity index (χ3n) is 4.46. The molecule has 0 saturated heterocycles. The van der Waals surface area contributed by atoms with Crippen molar-refractivity contribution in [2.45, 2.75) is 19.9 Å². The van der Waals surface area contributed by atoms with Crippen LogP contribution in [-0.4, -0.2) is 22.6 Å². The maximum Gasteiger partial charge on any atom is 0.337 e. The zero-order valence-electron chi connectivity index (χ0n) is 12.9. The van der Waals surface area contributed by atoms with Gasteiger partial charge in [-0.3, -0.25) is 0 Å². The number of rotatable bonds is 1. The lowest BCUT2D eigenvalue weighted by Gasteiger charge is -2.22. The highest BCUT2D eigenvalue weighted by Gasteiger charge is 2.23. The van der Waals surface area contributed by atoms with Gasteiger partial charge in [0.25, 0.3) is 0 Å². The summed E-state index contributed by atoms with van der Waals surface area (Å²) in [6.45, 7) is 2.85. The summed E-state index contributed by atoms with van der Waals surface area (Å²) < 4.78 is 7.07. The van der Waals surface area contributed by atoms with Crippen molar-refractivity contribution in [3.8, 4) is 11.3 Å². The van der Waals surface area contributed by atoms with Crippen LogP contribution in [0.2, 0.25) is 5.15 Å². The lowest BCUT2D eigenvalue weighted by Crippen LogP contribution is -2.13. The Morgan fingerprint density at radius 2 is 2.17 bits per heavy atom. The first-order valence-electron chi connectivity index (χ1n) is 7.46. The summed E-state index contributed by atoms with van der Waals surface area (Å²) >= 11 is 6.29. The first-order chi connectivity index (χ1) is 11.1. The Morgan fingerprint density at radius 3 is 2.96 bits per heavy atom. The smallest absolute Gasteiger partial charge is 0.337 e. The second-order valence-electron chi connectivity index (χ2n) is 5.79. The molecule has 4 rings (SSSR count). The Kier molecular flexibility index (Phi) is 3.16. The number of carbonyl (C=O) groups is 1. The van der Waals surface area contributed by atoms with Crippen LogP contribution in [0.5, 0.6) is 0 Å². The van der Waals surface area contributed by atoms with Gasteiger partial charge in [0.05, 0.1) is 18.2 Å². The first-order valence-corrected chi connectivity index (χ1v) is 7.84. The highest BCUT2D eigenvalue weighted by Crippen LogP contribution is 2.38. The summed E-state index contributed by atoms with van der Waals surface area (Å²) in [6.07, 6.45) is 2.58. The highest BCUT2D eigenvalue weighted by molar-refractivity contribution is 6.34. The van der Waals surface area contributed by atoms with Crippen molar-refractivity contribution in [3.63, 3.8) is 0 Å². The summed E-state index contributed by atoms with van der Waals surface area (Å²) in [5.41, 5.74) is 6.13. The minimum atomic E-state index is -0.297. The van der Waals surface area contributed by atoms with Crippen LogP contribution in [-0.2, 0) is 17.7 Å². The summed E-state index contributed by atoms with van der Waals surface area (Å²) in [5.74, 6) is -0.297. The molecule has 0 spiro atoms. The lowest BCUT2D eigenvalue weighted by atomic mass is 9.92. The van der Waals surface area contributed by atoms with Gasteiger partial charge in [0, 0.05) is 29.4 Å². The molecule has 116 valence electrons. The zero-order chi connectivity index (χ0) is 16.1. The number of benzene rings is 1. The van der Waals surface area contributed by atoms with Crippen LogP contribution in [0.4, 0.5) is 0 Å². The second-order valence-corrected chi connectivity index (χ2v) is 6.15. The molecule has 0 fully saturated rings. The van der Waals surface area contributed by atoms with Gasteiger partial charge in [0.1, 0.15) is 0 Å². The average molecular weight is 327 g/mol. The maximum absolute atomic E-state index is 11.8. The van der Waals surface area contributed by atoms with E-state index in [2.05, 4.69) is 15.6 Å². The van der Waals surface area contributed by atoms with Crippen molar-refractivity contribution in [2.75, 3.05) is 7.11 Å². The number of esters is 1. The number of nitrogens with zero attached hydrogens (tertiary/aromatic N) is 2. The van der Waals surface area contributed by atoms with Gasteiger partial charge < -0.3 is 9.30 Å². The quantitative estimate of drug-likeness (QED) is 0.501. The van der Waals surface area contributed by atoms with Crippen molar-refractivity contribution in [2.24, 2.45) is 0 Å². The van der Waals surface area contributed by atoms with Gasteiger partial charge in [-0.25, -0.2) is 9.78 Å². The van der Waals surface area contributed by atoms with E-state index in [1.54, 1.807) is 6.20 Å². The Morgan fingerprint density at radius 1 is 1.35 bits per heavy atom. The Labute approximate surface area is 138 Å². The Bertz CT molecular complexity index is 959. The SMILES string of the molecule is COC(=O)c1cc(C)c2c(c1)CCn1c-2cc2ccnc(Cl)c21. The predicted molar refractivity (Wildman–Crippen MR) is 90.0 cm³/mol. The molecule has 1 aromatic carbocycles. The predicted octanol–water partition coefficient (Wildman–Crippen LogP) is 4.01. The number of halogens is 1. The summed E-state index contributed by atoms with van der Waals surface area (Å²) in [5, 5.41) is 1.62. The van der Waals surface area contributed by atoms with E-state index < -0.39 is 0 Å². The number of hydrogen-bond donors (Lipinski definition) is 0. The van der Waals surface area contributed by atoms with Gasteiger partial charge in [0.15, 0.2) is 5.15 Å². The van der Waals surface area contributed by atoms with Crippen molar-refractivity contribution >= 4 is 28.5 Å². The largest absolute Gasteiger partial charge is 0.465 e. The highest BCUT2D eigenvalue weighted by atomic mass is 35.5. The fourth-order valence-corrected chi connectivity index (χ4v) is 3.77. The zero-order valence-corrected chi connectivity index (χ0v) is 13.6. The topological polar surface area (TPSA) is 44.1 Å². The second kappa shape index (κ2) is 5.10. The third-order valence-corrected chi connectivity index (χ3v) is 4.74. The summed E-state index contributed by atoms with van der Waals surface area (Å²) in [6, 6.07) is 7.95. The molecular formula is C18H15ClN2O2. The van der Waals surface area contributed by atoms with Gasteiger partial charge in [-0.15, -0.1) is 0 Å². The normalized spacial score (nSPS) is 12.8. The summed E-state index contributed by atoms with van der Waals surface area (Å²) in [4.78, 5) is 16.0. The number of fused-ring (bicyclic) bond motifs is 5. The van der Waals surface area contributed by atoms with Gasteiger partial charge >= 0.3 is 5.97 Å². The first kappa shape index (κ1) is 14.3. The molecule has 3 aromatic rings. The number of pyridine rings is 1. The van der Waals surface area contributed by atoms with Crippen LogP contribution >= 0.6 is 11.6 Å². The van der Waals surface area contributed by atoms with E-state index in [4.69, 9.17) is 16.3 Å². The molecule has 3 heterocycles. The molecular weight excluding hydrogens is 312 g/mol. The van der Waals surface area contributed by atoms with E-state index in [1.807, 2.05) is 25.1 Å². The molecule has 0 unspecified atom stereocenters. The Balaban J connectivity index is 1.99. The van der Waals surface area contributed by atoms with Crippen LogP contribution in [0, 0.1) is 6.92 Å². The van der Waals surface area contributed by atoms with Gasteiger partial charge in [-0.2, -0.15) is 0 Å². The Hall–Kier alpha value is -2.33. The number of ether oxygens (including phenoxy) is 1. The van der Waals surface area contributed by atoms with Crippen molar-refractivity contribution < 1.29 is 9.53 Å². The average Bonchev–Trinajstić information content (AvgIpc) is 2.93. The monoisotopic (exact) mass is 326 g/mol. The minimum absolute atomic E-state index is 0.297. The van der Waals surface area contributed by atoms with E-state index in [-0.39, 0.29) is 5.97 Å². The molecule has 2 aromatic heterocycles. The third kappa shape index (κ3) is 2.05. The molecule has 23 heavy (non-hydrogen) atoms. The van der Waals surface area contributed by atoms with E-state index >= 15 is 0 Å². The van der Waals surface area contributed by atoms with Crippen molar-refractivity contribution in [3.05, 3.63) is 52.3 Å². The van der Waals surface area contributed by atoms with Crippen LogP contribution < -0.4 is 0 Å². The van der Waals surface area contributed by atoms with Crippen molar-refractivity contribution in [1.29, 1.82) is 0 Å². The molecule has 0 saturated carbocycles. The van der Waals surface area contributed by atoms with E-state index in [0.29, 0.717) is 10.7 Å². The van der Waals surface area contributed by atoms with Crippen LogP contribution in [0.15, 0.2) is 30.5 Å². The molecule has 4 nitrogen and oxygen atoms in total. The maximum atomic E-state index is 11.8. The molecule has 1 aliphatic rings. The number of carbonyl (C=O) groups excluding carboxylic acids is 1. The van der Waals surface area contributed by atoms with Gasteiger partial charge in [-0.1, -0.05) is 11.6 Å². The standard InChI is InChI=1S/C18H15ClN2O2/c1-10-7-13(18(22)23-2)8-11-4-6-21-14(15(10)11)9-12-3-5-20-17(19)16(12)21/h3,5,7-9H,4,6H2,1-2H3. The van der Waals surface area contributed by atoms with Crippen LogP contribution in [0.3, 0.4) is 0 Å². The molecule has 0 aliphatic carbocycles. The molecule has 1 aliphatic heterocycles. The number of aryl methyl sites for hydroxylation is 3.